The Morgan fingerprint density at radius 1 is 1.30 bits per heavy atom. The molecule has 23 heavy (non-hydrogen) atoms. The molecule has 1 spiro atoms. The van der Waals surface area contributed by atoms with Crippen LogP contribution in [0, 0.1) is 11.3 Å². The number of hydrogen-bond acceptors (Lipinski definition) is 4. The maximum Gasteiger partial charge on any atom is 0.224 e. The quantitative estimate of drug-likeness (QED) is 0.888. The van der Waals surface area contributed by atoms with Gasteiger partial charge in [0.1, 0.15) is 5.82 Å². The lowest BCUT2D eigenvalue weighted by Gasteiger charge is -2.23. The highest BCUT2D eigenvalue weighted by atomic mass is 16.2. The van der Waals surface area contributed by atoms with Crippen molar-refractivity contribution in [2.24, 2.45) is 11.3 Å². The summed E-state index contributed by atoms with van der Waals surface area (Å²) in [7, 11) is 0. The molecule has 1 aromatic heterocycles. The number of piperidine rings is 1. The SMILES string of the molecule is C[C@@H](NC(=O)C1CC12CCNCC2)c1nnc2n1CCCCC2. The fourth-order valence-corrected chi connectivity index (χ4v) is 4.40. The summed E-state index contributed by atoms with van der Waals surface area (Å²) in [6, 6.07) is -0.0544. The largest absolute Gasteiger partial charge is 0.346 e. The van der Waals surface area contributed by atoms with Gasteiger partial charge >= 0.3 is 0 Å². The molecule has 3 aliphatic rings. The average molecular weight is 317 g/mol. The second-order valence-corrected chi connectivity index (χ2v) is 7.54. The van der Waals surface area contributed by atoms with Crippen molar-refractivity contribution in [2.45, 2.75) is 64.5 Å². The van der Waals surface area contributed by atoms with Crippen LogP contribution < -0.4 is 10.6 Å². The Labute approximate surface area is 137 Å². The summed E-state index contributed by atoms with van der Waals surface area (Å²) in [5.74, 6) is 2.43. The molecule has 4 rings (SSSR count). The molecule has 1 aromatic rings. The van der Waals surface area contributed by atoms with Crippen molar-refractivity contribution in [2.75, 3.05) is 13.1 Å². The number of carbonyl (C=O) groups is 1. The summed E-state index contributed by atoms with van der Waals surface area (Å²) in [6.45, 7) is 5.13. The minimum absolute atomic E-state index is 0.0544. The number of hydrogen-bond donors (Lipinski definition) is 2. The van der Waals surface area contributed by atoms with Gasteiger partial charge < -0.3 is 15.2 Å². The van der Waals surface area contributed by atoms with Crippen LogP contribution in [0.15, 0.2) is 0 Å². The molecule has 2 atom stereocenters. The van der Waals surface area contributed by atoms with Crippen molar-refractivity contribution in [3.63, 3.8) is 0 Å². The first kappa shape index (κ1) is 15.1. The van der Waals surface area contributed by atoms with E-state index in [1.54, 1.807) is 0 Å². The zero-order valence-corrected chi connectivity index (χ0v) is 14.0. The number of nitrogens with zero attached hydrogens (tertiary/aromatic N) is 3. The highest BCUT2D eigenvalue weighted by molar-refractivity contribution is 5.82. The zero-order chi connectivity index (χ0) is 15.9. The Hall–Kier alpha value is -1.43. The molecule has 1 amide bonds. The first-order chi connectivity index (χ1) is 11.2. The number of rotatable bonds is 3. The van der Waals surface area contributed by atoms with E-state index < -0.39 is 0 Å². The highest BCUT2D eigenvalue weighted by Crippen LogP contribution is 2.58. The van der Waals surface area contributed by atoms with Gasteiger partial charge in [0.25, 0.3) is 0 Å². The first-order valence-corrected chi connectivity index (χ1v) is 9.13. The number of nitrogens with one attached hydrogen (secondary N) is 2. The number of fused-ring (bicyclic) bond motifs is 1. The van der Waals surface area contributed by atoms with E-state index in [4.69, 9.17) is 0 Å². The van der Waals surface area contributed by atoms with E-state index >= 15 is 0 Å². The van der Waals surface area contributed by atoms with E-state index in [1.807, 2.05) is 6.92 Å². The first-order valence-electron chi connectivity index (χ1n) is 9.13. The predicted octanol–water partition coefficient (Wildman–Crippen LogP) is 1.57. The van der Waals surface area contributed by atoms with Crippen LogP contribution >= 0.6 is 0 Å². The Morgan fingerprint density at radius 2 is 2.13 bits per heavy atom. The van der Waals surface area contributed by atoms with E-state index in [2.05, 4.69) is 25.4 Å². The van der Waals surface area contributed by atoms with Crippen LogP contribution in [0.25, 0.3) is 0 Å². The van der Waals surface area contributed by atoms with Crippen LogP contribution in [0.2, 0.25) is 0 Å². The second-order valence-electron chi connectivity index (χ2n) is 7.54. The topological polar surface area (TPSA) is 71.8 Å². The van der Waals surface area contributed by atoms with Crippen LogP contribution in [0.1, 0.15) is 63.1 Å². The van der Waals surface area contributed by atoms with Gasteiger partial charge in [-0.15, -0.1) is 10.2 Å². The van der Waals surface area contributed by atoms with Crippen molar-refractivity contribution in [3.05, 3.63) is 11.6 Å². The lowest BCUT2D eigenvalue weighted by atomic mass is 9.91. The minimum Gasteiger partial charge on any atom is -0.346 e. The molecular weight excluding hydrogens is 290 g/mol. The number of aromatic nitrogens is 3. The van der Waals surface area contributed by atoms with Gasteiger partial charge in [0.15, 0.2) is 5.82 Å². The molecule has 0 radical (unpaired) electrons. The average Bonchev–Trinajstić information content (AvgIpc) is 3.17. The molecule has 3 heterocycles. The molecule has 0 aromatic carbocycles. The molecule has 1 saturated heterocycles. The number of amides is 1. The van der Waals surface area contributed by atoms with Crippen molar-refractivity contribution in [1.82, 2.24) is 25.4 Å². The van der Waals surface area contributed by atoms with E-state index in [0.717, 1.165) is 57.0 Å². The summed E-state index contributed by atoms with van der Waals surface area (Å²) in [4.78, 5) is 12.6. The standard InChI is InChI=1S/C17H27N5O/c1-12(15-21-20-14-5-3-2-4-10-22(14)15)19-16(23)13-11-17(13)6-8-18-9-7-17/h12-13,18H,2-11H2,1H3,(H,19,23)/t12-,13?/m1/s1. The van der Waals surface area contributed by atoms with Gasteiger partial charge in [0, 0.05) is 18.9 Å². The fourth-order valence-electron chi connectivity index (χ4n) is 4.40. The maximum atomic E-state index is 12.6. The van der Waals surface area contributed by atoms with E-state index in [9.17, 15) is 4.79 Å². The van der Waals surface area contributed by atoms with Gasteiger partial charge in [-0.3, -0.25) is 4.79 Å². The third-order valence-electron chi connectivity index (χ3n) is 5.99. The van der Waals surface area contributed by atoms with Gasteiger partial charge in [-0.05, 0) is 57.5 Å². The van der Waals surface area contributed by atoms with Crippen molar-refractivity contribution >= 4 is 5.91 Å². The summed E-state index contributed by atoms with van der Waals surface area (Å²) in [5.41, 5.74) is 0.288. The van der Waals surface area contributed by atoms with E-state index in [1.165, 1.54) is 19.3 Å². The second kappa shape index (κ2) is 5.89. The van der Waals surface area contributed by atoms with Crippen molar-refractivity contribution in [3.8, 4) is 0 Å². The minimum atomic E-state index is -0.0544. The molecular formula is C17H27N5O. The Kier molecular flexibility index (Phi) is 3.87. The molecule has 126 valence electrons. The lowest BCUT2D eigenvalue weighted by Crippen LogP contribution is -2.35. The van der Waals surface area contributed by atoms with Gasteiger partial charge in [-0.1, -0.05) is 6.42 Å². The fraction of sp³-hybridized carbons (Fsp3) is 0.824. The van der Waals surface area contributed by atoms with Crippen LogP contribution in [0.4, 0.5) is 0 Å². The molecule has 6 nitrogen and oxygen atoms in total. The van der Waals surface area contributed by atoms with Crippen LogP contribution in [-0.2, 0) is 17.8 Å². The van der Waals surface area contributed by atoms with Gasteiger partial charge in [-0.25, -0.2) is 0 Å². The molecule has 1 aliphatic carbocycles. The number of aryl methyl sites for hydroxylation is 1. The van der Waals surface area contributed by atoms with Gasteiger partial charge in [0.05, 0.1) is 6.04 Å². The molecule has 1 saturated carbocycles. The molecule has 6 heteroatoms. The summed E-state index contributed by atoms with van der Waals surface area (Å²) < 4.78 is 2.23. The van der Waals surface area contributed by atoms with Crippen LogP contribution in [0.3, 0.4) is 0 Å². The Balaban J connectivity index is 1.41. The zero-order valence-electron chi connectivity index (χ0n) is 14.0. The van der Waals surface area contributed by atoms with Gasteiger partial charge in [0.2, 0.25) is 5.91 Å². The molecule has 0 bridgehead atoms. The third kappa shape index (κ3) is 2.77. The predicted molar refractivity (Wildman–Crippen MR) is 86.8 cm³/mol. The van der Waals surface area contributed by atoms with Crippen LogP contribution in [0.5, 0.6) is 0 Å². The Bertz CT molecular complexity index is 590. The molecule has 1 unspecified atom stereocenters. The highest BCUT2D eigenvalue weighted by Gasteiger charge is 2.57. The van der Waals surface area contributed by atoms with Crippen LogP contribution in [-0.4, -0.2) is 33.8 Å². The normalized spacial score (nSPS) is 27.1. The monoisotopic (exact) mass is 317 g/mol. The van der Waals surface area contributed by atoms with Crippen molar-refractivity contribution in [1.29, 1.82) is 0 Å². The molecule has 2 aliphatic heterocycles. The summed E-state index contributed by atoms with van der Waals surface area (Å²) >= 11 is 0. The van der Waals surface area contributed by atoms with Crippen molar-refractivity contribution < 1.29 is 4.79 Å². The number of carbonyl (C=O) groups excluding carboxylic acids is 1. The smallest absolute Gasteiger partial charge is 0.224 e. The third-order valence-corrected chi connectivity index (χ3v) is 5.99. The Morgan fingerprint density at radius 3 is 2.96 bits per heavy atom. The summed E-state index contributed by atoms with van der Waals surface area (Å²) in [5, 5.41) is 15.3. The molecule has 2 N–H and O–H groups in total. The maximum absolute atomic E-state index is 12.6. The van der Waals surface area contributed by atoms with E-state index in [-0.39, 0.29) is 23.3 Å². The summed E-state index contributed by atoms with van der Waals surface area (Å²) in [6.07, 6.45) is 7.97. The van der Waals surface area contributed by atoms with E-state index in [0.29, 0.717) is 0 Å². The van der Waals surface area contributed by atoms with Gasteiger partial charge in [-0.2, -0.15) is 0 Å². The lowest BCUT2D eigenvalue weighted by molar-refractivity contribution is -0.124. The molecule has 2 fully saturated rings.